The van der Waals surface area contributed by atoms with E-state index in [2.05, 4.69) is 13.8 Å². The summed E-state index contributed by atoms with van der Waals surface area (Å²) in [6, 6.07) is 0. The molecule has 3 aliphatic rings. The lowest BCUT2D eigenvalue weighted by atomic mass is 9.63. The molecule has 1 aliphatic carbocycles. The van der Waals surface area contributed by atoms with Crippen LogP contribution < -0.4 is 0 Å². The van der Waals surface area contributed by atoms with E-state index in [4.69, 9.17) is 9.47 Å². The first-order chi connectivity index (χ1) is 13.0. The first-order valence-electron chi connectivity index (χ1n) is 10.9. The van der Waals surface area contributed by atoms with E-state index in [1.165, 1.54) is 32.1 Å². The summed E-state index contributed by atoms with van der Waals surface area (Å²) in [6.07, 6.45) is 7.78. The molecule has 0 aromatic heterocycles. The fraction of sp³-hybridized carbons (Fsp3) is 0.909. The second-order valence-electron chi connectivity index (χ2n) is 10.6. The highest BCUT2D eigenvalue weighted by molar-refractivity contribution is 5.71. The normalized spacial score (nSPS) is 25.5. The van der Waals surface area contributed by atoms with Gasteiger partial charge < -0.3 is 14.4 Å². The zero-order valence-electron chi connectivity index (χ0n) is 18.4. The first kappa shape index (κ1) is 21.3. The molecule has 3 fully saturated rings. The number of amides is 2. The van der Waals surface area contributed by atoms with Gasteiger partial charge in [0.25, 0.3) is 0 Å². The minimum absolute atomic E-state index is 0.0690. The minimum Gasteiger partial charge on any atom is -0.447 e. The number of piperidine rings is 1. The molecule has 1 saturated carbocycles. The van der Waals surface area contributed by atoms with Crippen molar-refractivity contribution in [3.05, 3.63) is 0 Å². The number of likely N-dealkylation sites (tertiary alicyclic amines) is 1. The van der Waals surface area contributed by atoms with Crippen LogP contribution in [-0.4, -0.2) is 59.4 Å². The van der Waals surface area contributed by atoms with Gasteiger partial charge in [-0.15, -0.1) is 0 Å². The standard InChI is InChI=1S/C22H38N2O4/c1-20(2,3)28-18(25)23-13-11-22(12-14-23,17-9-7-6-8-10-17)15-24-19(26)27-16-21(24,4)5/h17H,6-16H2,1-5H3. The molecule has 160 valence electrons. The summed E-state index contributed by atoms with van der Waals surface area (Å²) in [5.74, 6) is 0.617. The van der Waals surface area contributed by atoms with Crippen LogP contribution in [-0.2, 0) is 9.47 Å². The van der Waals surface area contributed by atoms with Gasteiger partial charge >= 0.3 is 12.2 Å². The zero-order chi connectivity index (χ0) is 20.6. The Morgan fingerprint density at radius 1 is 1.14 bits per heavy atom. The summed E-state index contributed by atoms with van der Waals surface area (Å²) >= 11 is 0. The van der Waals surface area contributed by atoms with Gasteiger partial charge in [-0.3, -0.25) is 4.90 Å². The van der Waals surface area contributed by atoms with Crippen molar-refractivity contribution >= 4 is 12.2 Å². The first-order valence-corrected chi connectivity index (χ1v) is 10.9. The fourth-order valence-electron chi connectivity index (χ4n) is 5.11. The van der Waals surface area contributed by atoms with Crippen molar-refractivity contribution in [3.8, 4) is 0 Å². The molecule has 0 aromatic carbocycles. The van der Waals surface area contributed by atoms with Gasteiger partial charge in [0.05, 0.1) is 5.54 Å². The Morgan fingerprint density at radius 3 is 2.25 bits per heavy atom. The highest BCUT2D eigenvalue weighted by Crippen LogP contribution is 2.48. The van der Waals surface area contributed by atoms with Crippen LogP contribution >= 0.6 is 0 Å². The lowest BCUT2D eigenvalue weighted by Gasteiger charge is -2.50. The van der Waals surface area contributed by atoms with Crippen molar-refractivity contribution in [1.29, 1.82) is 0 Å². The molecule has 0 unspecified atom stereocenters. The summed E-state index contributed by atoms with van der Waals surface area (Å²) in [7, 11) is 0. The van der Waals surface area contributed by atoms with E-state index >= 15 is 0 Å². The van der Waals surface area contributed by atoms with Crippen LogP contribution in [0.25, 0.3) is 0 Å². The molecule has 2 saturated heterocycles. The van der Waals surface area contributed by atoms with Crippen molar-refractivity contribution in [1.82, 2.24) is 9.80 Å². The third kappa shape index (κ3) is 4.57. The SMILES string of the molecule is CC(C)(C)OC(=O)N1CCC(CN2C(=O)OCC2(C)C)(C2CCCCC2)CC1. The van der Waals surface area contributed by atoms with E-state index in [9.17, 15) is 9.59 Å². The van der Waals surface area contributed by atoms with Gasteiger partial charge in [-0.1, -0.05) is 19.3 Å². The molecule has 3 rings (SSSR count). The molecule has 0 N–H and O–H groups in total. The molecule has 0 bridgehead atoms. The molecule has 6 heteroatoms. The van der Waals surface area contributed by atoms with Crippen LogP contribution in [0, 0.1) is 11.3 Å². The third-order valence-corrected chi connectivity index (χ3v) is 6.86. The van der Waals surface area contributed by atoms with Crippen LogP contribution in [0.15, 0.2) is 0 Å². The smallest absolute Gasteiger partial charge is 0.410 e. The average molecular weight is 395 g/mol. The zero-order valence-corrected chi connectivity index (χ0v) is 18.4. The number of cyclic esters (lactones) is 1. The maximum Gasteiger partial charge on any atom is 0.410 e. The van der Waals surface area contributed by atoms with E-state index in [0.717, 1.165) is 19.4 Å². The summed E-state index contributed by atoms with van der Waals surface area (Å²) < 4.78 is 10.9. The van der Waals surface area contributed by atoms with Gasteiger partial charge in [0.1, 0.15) is 12.2 Å². The molecule has 6 nitrogen and oxygen atoms in total. The predicted octanol–water partition coefficient (Wildman–Crippen LogP) is 4.81. The van der Waals surface area contributed by atoms with Crippen LogP contribution in [0.2, 0.25) is 0 Å². The number of hydrogen-bond acceptors (Lipinski definition) is 4. The molecular formula is C22H38N2O4. The topological polar surface area (TPSA) is 59.1 Å². The summed E-state index contributed by atoms with van der Waals surface area (Å²) in [4.78, 5) is 28.8. The minimum atomic E-state index is -0.474. The Morgan fingerprint density at radius 2 is 1.75 bits per heavy atom. The molecule has 0 aromatic rings. The van der Waals surface area contributed by atoms with Crippen LogP contribution in [0.5, 0.6) is 0 Å². The summed E-state index contributed by atoms with van der Waals surface area (Å²) in [5, 5.41) is 0. The van der Waals surface area contributed by atoms with Crippen molar-refractivity contribution < 1.29 is 19.1 Å². The van der Waals surface area contributed by atoms with Crippen LogP contribution in [0.4, 0.5) is 9.59 Å². The van der Waals surface area contributed by atoms with Crippen LogP contribution in [0.1, 0.15) is 79.6 Å². The van der Waals surface area contributed by atoms with Gasteiger partial charge in [0.2, 0.25) is 0 Å². The average Bonchev–Trinajstić information content (AvgIpc) is 2.88. The molecule has 28 heavy (non-hydrogen) atoms. The number of ether oxygens (including phenoxy) is 2. The molecule has 0 radical (unpaired) electrons. The largest absolute Gasteiger partial charge is 0.447 e. The van der Waals surface area contributed by atoms with E-state index in [0.29, 0.717) is 25.6 Å². The van der Waals surface area contributed by atoms with Gasteiger partial charge in [-0.25, -0.2) is 9.59 Å². The van der Waals surface area contributed by atoms with Gasteiger partial charge in [-0.05, 0) is 71.6 Å². The molecule has 2 aliphatic heterocycles. The Kier molecular flexibility index (Phi) is 5.88. The second kappa shape index (κ2) is 7.75. The van der Waals surface area contributed by atoms with Crippen molar-refractivity contribution in [2.24, 2.45) is 11.3 Å². The molecule has 2 amide bonds. The Bertz CT molecular complexity index is 582. The van der Waals surface area contributed by atoms with E-state index in [1.807, 2.05) is 30.6 Å². The van der Waals surface area contributed by atoms with E-state index < -0.39 is 5.60 Å². The van der Waals surface area contributed by atoms with Gasteiger partial charge in [0.15, 0.2) is 0 Å². The van der Waals surface area contributed by atoms with Crippen molar-refractivity contribution in [2.75, 3.05) is 26.2 Å². The second-order valence-corrected chi connectivity index (χ2v) is 10.6. The molecule has 0 spiro atoms. The number of hydrogen-bond donors (Lipinski definition) is 0. The highest BCUT2D eigenvalue weighted by atomic mass is 16.6. The number of carbonyl (C=O) groups excluding carboxylic acids is 2. The van der Waals surface area contributed by atoms with Crippen LogP contribution in [0.3, 0.4) is 0 Å². The molecule has 0 atom stereocenters. The summed E-state index contributed by atoms with van der Waals surface area (Å²) in [5.41, 5.74) is -0.668. The highest BCUT2D eigenvalue weighted by Gasteiger charge is 2.49. The predicted molar refractivity (Wildman–Crippen MR) is 108 cm³/mol. The van der Waals surface area contributed by atoms with Gasteiger partial charge in [-0.2, -0.15) is 0 Å². The number of rotatable bonds is 3. The Labute approximate surface area is 169 Å². The van der Waals surface area contributed by atoms with Crippen molar-refractivity contribution in [3.63, 3.8) is 0 Å². The number of nitrogens with zero attached hydrogens (tertiary/aromatic N) is 2. The lowest BCUT2D eigenvalue weighted by Crippen LogP contribution is -2.55. The maximum atomic E-state index is 12.5. The number of carbonyl (C=O) groups is 2. The quantitative estimate of drug-likeness (QED) is 0.689. The molecule has 2 heterocycles. The van der Waals surface area contributed by atoms with E-state index in [1.54, 1.807) is 0 Å². The monoisotopic (exact) mass is 394 g/mol. The lowest BCUT2D eigenvalue weighted by molar-refractivity contribution is -0.0211. The van der Waals surface area contributed by atoms with Gasteiger partial charge in [0, 0.05) is 19.6 Å². The third-order valence-electron chi connectivity index (χ3n) is 6.86. The van der Waals surface area contributed by atoms with E-state index in [-0.39, 0.29) is 23.1 Å². The maximum absolute atomic E-state index is 12.5. The Hall–Kier alpha value is -1.46. The summed E-state index contributed by atoms with van der Waals surface area (Å²) in [6.45, 7) is 12.5. The Balaban J connectivity index is 1.74. The van der Waals surface area contributed by atoms with Crippen molar-refractivity contribution in [2.45, 2.75) is 90.7 Å². The fourth-order valence-corrected chi connectivity index (χ4v) is 5.11. The molecular weight excluding hydrogens is 356 g/mol.